The maximum atomic E-state index is 5.71. The van der Waals surface area contributed by atoms with Crippen molar-refractivity contribution in [2.75, 3.05) is 7.05 Å². The number of nitrogens with one attached hydrogen (secondary N) is 1. The summed E-state index contributed by atoms with van der Waals surface area (Å²) in [6.45, 7) is 1.91. The smallest absolute Gasteiger partial charge is 0.0336 e. The Balaban J connectivity index is 2.74. The van der Waals surface area contributed by atoms with Gasteiger partial charge in [-0.1, -0.05) is 30.3 Å². The highest BCUT2D eigenvalue weighted by atomic mass is 14.9. The van der Waals surface area contributed by atoms with Crippen LogP contribution in [0.3, 0.4) is 0 Å². The molecule has 70 valence electrons. The highest BCUT2D eigenvalue weighted by Crippen LogP contribution is 2.06. The average molecular weight is 176 g/mol. The molecule has 0 aliphatic carbocycles. The van der Waals surface area contributed by atoms with Crippen LogP contribution in [0.5, 0.6) is 0 Å². The number of hydrogen-bond donors (Lipinski definition) is 2. The second-order valence-electron chi connectivity index (χ2n) is 3.07. The Bertz CT molecular complexity index is 284. The van der Waals surface area contributed by atoms with Gasteiger partial charge in [-0.3, -0.25) is 0 Å². The molecule has 0 unspecified atom stereocenters. The number of allylic oxidation sites excluding steroid dienone is 2. The van der Waals surface area contributed by atoms with Gasteiger partial charge in [0.25, 0.3) is 0 Å². The Labute approximate surface area is 79.5 Å². The molecule has 1 rings (SSSR count). The second-order valence-corrected chi connectivity index (χ2v) is 3.07. The number of hydrogen-bond acceptors (Lipinski definition) is 2. The van der Waals surface area contributed by atoms with Crippen molar-refractivity contribution in [1.29, 1.82) is 0 Å². The van der Waals surface area contributed by atoms with Crippen LogP contribution in [0, 0.1) is 0 Å². The zero-order chi connectivity index (χ0) is 9.68. The van der Waals surface area contributed by atoms with Crippen LogP contribution in [0.4, 0.5) is 0 Å². The normalized spacial score (nSPS) is 12.2. The third-order valence-electron chi connectivity index (χ3n) is 2.00. The van der Waals surface area contributed by atoms with Gasteiger partial charge in [0.15, 0.2) is 0 Å². The van der Waals surface area contributed by atoms with E-state index in [9.17, 15) is 0 Å². The van der Waals surface area contributed by atoms with E-state index in [0.29, 0.717) is 0 Å². The van der Waals surface area contributed by atoms with E-state index in [-0.39, 0.29) is 0 Å². The van der Waals surface area contributed by atoms with Crippen LogP contribution in [0.1, 0.15) is 12.5 Å². The second kappa shape index (κ2) is 4.55. The van der Waals surface area contributed by atoms with E-state index in [1.807, 2.05) is 32.2 Å². The van der Waals surface area contributed by atoms with E-state index in [2.05, 4.69) is 17.4 Å². The van der Waals surface area contributed by atoms with Crippen LogP contribution in [0.25, 0.3) is 0 Å². The van der Waals surface area contributed by atoms with Gasteiger partial charge in [0.1, 0.15) is 0 Å². The van der Waals surface area contributed by atoms with Crippen molar-refractivity contribution >= 4 is 0 Å². The van der Waals surface area contributed by atoms with Crippen LogP contribution in [0.15, 0.2) is 41.7 Å². The van der Waals surface area contributed by atoms with Crippen molar-refractivity contribution in [1.82, 2.24) is 5.32 Å². The monoisotopic (exact) mass is 176 g/mol. The lowest BCUT2D eigenvalue weighted by Gasteiger charge is -2.08. The van der Waals surface area contributed by atoms with Crippen LogP contribution >= 0.6 is 0 Å². The number of likely N-dealkylation sites (N-methyl/N-ethyl adjacent to an activating group) is 1. The summed E-state index contributed by atoms with van der Waals surface area (Å²) in [5.41, 5.74) is 8.93. The minimum Gasteiger partial charge on any atom is -0.401 e. The summed E-state index contributed by atoms with van der Waals surface area (Å²) in [5, 5.41) is 3.10. The lowest BCUT2D eigenvalue weighted by molar-refractivity contribution is 0.886. The zero-order valence-electron chi connectivity index (χ0n) is 8.17. The molecule has 2 nitrogen and oxygen atoms in total. The van der Waals surface area contributed by atoms with E-state index in [0.717, 1.165) is 17.8 Å². The zero-order valence-corrected chi connectivity index (χ0v) is 8.17. The molecule has 0 heterocycles. The summed E-state index contributed by atoms with van der Waals surface area (Å²) >= 11 is 0. The topological polar surface area (TPSA) is 38.0 Å². The van der Waals surface area contributed by atoms with Gasteiger partial charge in [-0.2, -0.15) is 0 Å². The van der Waals surface area contributed by atoms with Gasteiger partial charge in [0.2, 0.25) is 0 Å². The fourth-order valence-corrected chi connectivity index (χ4v) is 1.22. The van der Waals surface area contributed by atoms with E-state index >= 15 is 0 Å². The Morgan fingerprint density at radius 3 is 2.38 bits per heavy atom. The number of nitrogens with two attached hydrogens (primary N) is 1. The van der Waals surface area contributed by atoms with E-state index in [1.54, 1.807) is 0 Å². The Kier molecular flexibility index (Phi) is 3.38. The average Bonchev–Trinajstić information content (AvgIpc) is 2.15. The molecule has 0 aliphatic heterocycles. The summed E-state index contributed by atoms with van der Waals surface area (Å²) in [6, 6.07) is 10.3. The maximum absolute atomic E-state index is 5.71. The van der Waals surface area contributed by atoms with Gasteiger partial charge >= 0.3 is 0 Å². The molecule has 0 radical (unpaired) electrons. The molecule has 0 fully saturated rings. The van der Waals surface area contributed by atoms with Crippen LogP contribution in [-0.2, 0) is 6.42 Å². The standard InChI is InChI=1S/C11H16N2/c1-9(12)11(13-2)8-10-6-4-3-5-7-10/h3-7,13H,8,12H2,1-2H3/b11-9+. The van der Waals surface area contributed by atoms with Gasteiger partial charge < -0.3 is 11.1 Å². The predicted octanol–water partition coefficient (Wildman–Crippen LogP) is 1.64. The van der Waals surface area contributed by atoms with E-state index in [4.69, 9.17) is 5.73 Å². The lowest BCUT2D eigenvalue weighted by Crippen LogP contribution is -2.14. The molecule has 0 amide bonds. The fraction of sp³-hybridized carbons (Fsp3) is 0.273. The van der Waals surface area contributed by atoms with Gasteiger partial charge in [-0.05, 0) is 12.5 Å². The molecule has 0 saturated heterocycles. The molecule has 1 aromatic carbocycles. The third kappa shape index (κ3) is 2.82. The quantitative estimate of drug-likeness (QED) is 0.734. The molecule has 0 atom stereocenters. The molecule has 0 spiro atoms. The molecular weight excluding hydrogens is 160 g/mol. The predicted molar refractivity (Wildman–Crippen MR) is 56.1 cm³/mol. The molecule has 0 saturated carbocycles. The van der Waals surface area contributed by atoms with Crippen molar-refractivity contribution in [2.45, 2.75) is 13.3 Å². The van der Waals surface area contributed by atoms with Gasteiger partial charge in [-0.15, -0.1) is 0 Å². The van der Waals surface area contributed by atoms with Crippen molar-refractivity contribution in [2.24, 2.45) is 5.73 Å². The largest absolute Gasteiger partial charge is 0.401 e. The highest BCUT2D eigenvalue weighted by molar-refractivity contribution is 5.22. The van der Waals surface area contributed by atoms with E-state index in [1.165, 1.54) is 5.56 Å². The Morgan fingerprint density at radius 1 is 1.31 bits per heavy atom. The summed E-state index contributed by atoms with van der Waals surface area (Å²) in [7, 11) is 1.90. The molecule has 2 heteroatoms. The minimum absolute atomic E-state index is 0.853. The van der Waals surface area contributed by atoms with Gasteiger partial charge in [0, 0.05) is 24.9 Å². The number of benzene rings is 1. The molecule has 0 bridgehead atoms. The first-order valence-electron chi connectivity index (χ1n) is 4.41. The fourth-order valence-electron chi connectivity index (χ4n) is 1.22. The van der Waals surface area contributed by atoms with Crippen molar-refractivity contribution in [3.63, 3.8) is 0 Å². The van der Waals surface area contributed by atoms with Crippen molar-refractivity contribution in [3.8, 4) is 0 Å². The molecule has 3 N–H and O–H groups in total. The van der Waals surface area contributed by atoms with Gasteiger partial charge in [0.05, 0.1) is 0 Å². The minimum atomic E-state index is 0.853. The summed E-state index contributed by atoms with van der Waals surface area (Å²) < 4.78 is 0. The Morgan fingerprint density at radius 2 is 1.92 bits per heavy atom. The van der Waals surface area contributed by atoms with Crippen LogP contribution in [0.2, 0.25) is 0 Å². The molecular formula is C11H16N2. The first-order valence-corrected chi connectivity index (χ1v) is 4.41. The number of rotatable bonds is 3. The lowest BCUT2D eigenvalue weighted by atomic mass is 10.1. The first kappa shape index (κ1) is 9.65. The SMILES string of the molecule is CN/C(Cc1ccccc1)=C(\C)N. The van der Waals surface area contributed by atoms with Crippen molar-refractivity contribution < 1.29 is 0 Å². The van der Waals surface area contributed by atoms with E-state index < -0.39 is 0 Å². The summed E-state index contributed by atoms with van der Waals surface area (Å²) in [6.07, 6.45) is 0.875. The first-order chi connectivity index (χ1) is 6.24. The summed E-state index contributed by atoms with van der Waals surface area (Å²) in [4.78, 5) is 0. The Hall–Kier alpha value is -1.44. The molecule has 0 aliphatic rings. The van der Waals surface area contributed by atoms with Crippen LogP contribution < -0.4 is 11.1 Å². The summed E-state index contributed by atoms with van der Waals surface area (Å²) in [5.74, 6) is 0. The van der Waals surface area contributed by atoms with Crippen LogP contribution in [-0.4, -0.2) is 7.05 Å². The molecule has 13 heavy (non-hydrogen) atoms. The highest BCUT2D eigenvalue weighted by Gasteiger charge is 1.98. The molecule has 0 aromatic heterocycles. The van der Waals surface area contributed by atoms with Gasteiger partial charge in [-0.25, -0.2) is 0 Å². The maximum Gasteiger partial charge on any atom is 0.0336 e. The third-order valence-corrected chi connectivity index (χ3v) is 2.00. The van der Waals surface area contributed by atoms with Crippen molar-refractivity contribution in [3.05, 3.63) is 47.3 Å². The molecule has 1 aromatic rings.